The van der Waals surface area contributed by atoms with Gasteiger partial charge < -0.3 is 15.0 Å². The van der Waals surface area contributed by atoms with Gasteiger partial charge in [0.05, 0.1) is 0 Å². The van der Waals surface area contributed by atoms with Gasteiger partial charge in [0.1, 0.15) is 0 Å². The molecule has 1 aromatic carbocycles. The van der Waals surface area contributed by atoms with Gasteiger partial charge in [0, 0.05) is 12.0 Å². The first-order valence-corrected chi connectivity index (χ1v) is 6.95. The van der Waals surface area contributed by atoms with E-state index < -0.39 is 5.82 Å². The summed E-state index contributed by atoms with van der Waals surface area (Å²) >= 11 is 0. The molecule has 114 valence electrons. The van der Waals surface area contributed by atoms with Crippen LogP contribution in [0.25, 0.3) is 0 Å². The Kier molecular flexibility index (Phi) is 4.90. The summed E-state index contributed by atoms with van der Waals surface area (Å²) < 4.78 is 24.5. The maximum atomic E-state index is 13.9. The molecule has 0 aliphatic carbocycles. The highest BCUT2D eigenvalue weighted by Crippen LogP contribution is 2.25. The van der Waals surface area contributed by atoms with E-state index in [0.717, 1.165) is 5.56 Å². The number of halogens is 1. The minimum atomic E-state index is -0.420. The molecule has 2 N–H and O–H groups in total. The third-order valence-corrected chi connectivity index (χ3v) is 2.93. The first-order valence-electron chi connectivity index (χ1n) is 6.95. The normalized spacial score (nSPS) is 12.7. The highest BCUT2D eigenvalue weighted by Gasteiger charge is 2.14. The number of nitrogens with two attached hydrogens (primary N) is 1. The van der Waals surface area contributed by atoms with E-state index in [1.165, 1.54) is 6.07 Å². The molecular formula is C15H20FN3O2. The highest BCUT2D eigenvalue weighted by atomic mass is 19.1. The lowest BCUT2D eigenvalue weighted by Crippen LogP contribution is -2.18. The van der Waals surface area contributed by atoms with Crippen LogP contribution in [-0.2, 0) is 13.0 Å². The van der Waals surface area contributed by atoms with E-state index in [9.17, 15) is 4.39 Å². The van der Waals surface area contributed by atoms with Crippen molar-refractivity contribution < 1.29 is 13.7 Å². The van der Waals surface area contributed by atoms with Gasteiger partial charge in [-0.3, -0.25) is 0 Å². The van der Waals surface area contributed by atoms with Crippen molar-refractivity contribution in [1.29, 1.82) is 0 Å². The van der Waals surface area contributed by atoms with Crippen LogP contribution in [0.4, 0.5) is 4.39 Å². The van der Waals surface area contributed by atoms with E-state index in [1.807, 2.05) is 20.8 Å². The molecule has 1 aromatic heterocycles. The third-order valence-electron chi connectivity index (χ3n) is 2.93. The van der Waals surface area contributed by atoms with Crippen molar-refractivity contribution >= 4 is 0 Å². The first kappa shape index (κ1) is 15.4. The molecular weight excluding hydrogens is 273 g/mol. The molecule has 1 heterocycles. The maximum Gasteiger partial charge on any atom is 0.264 e. The summed E-state index contributed by atoms with van der Waals surface area (Å²) in [5.41, 5.74) is 6.50. The monoisotopic (exact) mass is 293 g/mol. The summed E-state index contributed by atoms with van der Waals surface area (Å²) in [4.78, 5) is 4.20. The van der Waals surface area contributed by atoms with Crippen molar-refractivity contribution in [3.63, 3.8) is 0 Å². The molecule has 0 fully saturated rings. The lowest BCUT2D eigenvalue weighted by molar-refractivity contribution is 0.231. The van der Waals surface area contributed by atoms with Gasteiger partial charge in [-0.1, -0.05) is 31.1 Å². The van der Waals surface area contributed by atoms with Crippen LogP contribution in [-0.4, -0.2) is 16.2 Å². The molecule has 5 nitrogen and oxygen atoms in total. The molecule has 0 spiro atoms. The van der Waals surface area contributed by atoms with E-state index in [4.69, 9.17) is 15.0 Å². The summed E-state index contributed by atoms with van der Waals surface area (Å²) in [6, 6.07) is 4.72. The molecule has 21 heavy (non-hydrogen) atoms. The lowest BCUT2D eigenvalue weighted by Gasteiger charge is -2.12. The van der Waals surface area contributed by atoms with Crippen LogP contribution in [0.1, 0.15) is 44.0 Å². The predicted molar refractivity (Wildman–Crippen MR) is 76.5 cm³/mol. The van der Waals surface area contributed by atoms with Gasteiger partial charge >= 0.3 is 0 Å². The second-order valence-electron chi connectivity index (χ2n) is 5.40. The zero-order chi connectivity index (χ0) is 15.4. The molecule has 0 saturated carbocycles. The Balaban J connectivity index is 2.11. The van der Waals surface area contributed by atoms with Gasteiger partial charge in [0.15, 0.2) is 24.0 Å². The SMILES string of the molecule is CC(N)Cc1cccc(F)c1OCc1nc(C(C)C)no1. The molecule has 0 amide bonds. The minimum absolute atomic E-state index is 0.0343. The molecule has 0 radical (unpaired) electrons. The Bertz CT molecular complexity index is 596. The van der Waals surface area contributed by atoms with E-state index in [2.05, 4.69) is 10.1 Å². The van der Waals surface area contributed by atoms with Gasteiger partial charge in [-0.05, 0) is 25.0 Å². The fourth-order valence-corrected chi connectivity index (χ4v) is 1.92. The molecule has 2 aromatic rings. The predicted octanol–water partition coefficient (Wildman–Crippen LogP) is 2.80. The van der Waals surface area contributed by atoms with Crippen molar-refractivity contribution in [2.75, 3.05) is 0 Å². The number of rotatable bonds is 6. The molecule has 1 atom stereocenters. The van der Waals surface area contributed by atoms with Gasteiger partial charge in [0.25, 0.3) is 5.89 Å². The number of aromatic nitrogens is 2. The van der Waals surface area contributed by atoms with Gasteiger partial charge in [-0.15, -0.1) is 0 Å². The van der Waals surface area contributed by atoms with Crippen LogP contribution in [0, 0.1) is 5.82 Å². The summed E-state index contributed by atoms with van der Waals surface area (Å²) in [5.74, 6) is 0.882. The Morgan fingerprint density at radius 3 is 2.71 bits per heavy atom. The number of ether oxygens (including phenoxy) is 1. The number of hydrogen-bond donors (Lipinski definition) is 1. The maximum absolute atomic E-state index is 13.9. The van der Waals surface area contributed by atoms with Crippen LogP contribution in [0.15, 0.2) is 22.7 Å². The molecule has 0 bridgehead atoms. The Morgan fingerprint density at radius 1 is 1.33 bits per heavy atom. The zero-order valence-corrected chi connectivity index (χ0v) is 12.5. The van der Waals surface area contributed by atoms with Gasteiger partial charge in [-0.25, -0.2) is 4.39 Å². The minimum Gasteiger partial charge on any atom is -0.480 e. The largest absolute Gasteiger partial charge is 0.480 e. The van der Waals surface area contributed by atoms with E-state index in [0.29, 0.717) is 18.1 Å². The second kappa shape index (κ2) is 6.67. The molecule has 1 unspecified atom stereocenters. The number of para-hydroxylation sites is 1. The summed E-state index contributed by atoms with van der Waals surface area (Å²) in [7, 11) is 0. The molecule has 0 aliphatic rings. The Hall–Kier alpha value is -1.95. The lowest BCUT2D eigenvalue weighted by atomic mass is 10.1. The molecule has 0 aliphatic heterocycles. The van der Waals surface area contributed by atoms with Crippen LogP contribution in [0.2, 0.25) is 0 Å². The third kappa shape index (κ3) is 4.01. The van der Waals surface area contributed by atoms with Gasteiger partial charge in [-0.2, -0.15) is 4.98 Å². The summed E-state index contributed by atoms with van der Waals surface area (Å²) in [6.07, 6.45) is 0.536. The Labute approximate surface area is 123 Å². The Morgan fingerprint density at radius 2 is 2.10 bits per heavy atom. The van der Waals surface area contributed by atoms with E-state index >= 15 is 0 Å². The van der Waals surface area contributed by atoms with Crippen LogP contribution in [0.5, 0.6) is 5.75 Å². The summed E-state index contributed by atoms with van der Waals surface area (Å²) in [6.45, 7) is 5.83. The zero-order valence-electron chi connectivity index (χ0n) is 12.5. The standard InChI is InChI=1S/C15H20FN3O2/c1-9(2)15-18-13(21-19-15)8-20-14-11(7-10(3)17)5-4-6-12(14)16/h4-6,9-10H,7-8,17H2,1-3H3. The molecule has 0 saturated heterocycles. The average molecular weight is 293 g/mol. The van der Waals surface area contributed by atoms with Crippen molar-refractivity contribution in [3.8, 4) is 5.75 Å². The fraction of sp³-hybridized carbons (Fsp3) is 0.467. The number of nitrogens with zero attached hydrogens (tertiary/aromatic N) is 2. The molecule has 2 rings (SSSR count). The fourth-order valence-electron chi connectivity index (χ4n) is 1.92. The van der Waals surface area contributed by atoms with Crippen molar-refractivity contribution in [3.05, 3.63) is 41.3 Å². The summed E-state index contributed by atoms with van der Waals surface area (Å²) in [5, 5.41) is 3.84. The van der Waals surface area contributed by atoms with Gasteiger partial charge in [0.2, 0.25) is 0 Å². The number of hydrogen-bond acceptors (Lipinski definition) is 5. The quantitative estimate of drug-likeness (QED) is 0.886. The van der Waals surface area contributed by atoms with Crippen molar-refractivity contribution in [2.45, 2.75) is 45.8 Å². The molecule has 6 heteroatoms. The topological polar surface area (TPSA) is 74.2 Å². The van der Waals surface area contributed by atoms with Crippen LogP contribution >= 0.6 is 0 Å². The number of benzene rings is 1. The van der Waals surface area contributed by atoms with Crippen molar-refractivity contribution in [1.82, 2.24) is 10.1 Å². The van der Waals surface area contributed by atoms with Crippen molar-refractivity contribution in [2.24, 2.45) is 5.73 Å². The highest BCUT2D eigenvalue weighted by molar-refractivity contribution is 5.35. The smallest absolute Gasteiger partial charge is 0.264 e. The first-order chi connectivity index (χ1) is 9.97. The van der Waals surface area contributed by atoms with Crippen LogP contribution < -0.4 is 10.5 Å². The van der Waals surface area contributed by atoms with E-state index in [1.54, 1.807) is 12.1 Å². The second-order valence-corrected chi connectivity index (χ2v) is 5.40. The average Bonchev–Trinajstić information content (AvgIpc) is 2.86. The van der Waals surface area contributed by atoms with E-state index in [-0.39, 0.29) is 24.3 Å². The van der Waals surface area contributed by atoms with Crippen LogP contribution in [0.3, 0.4) is 0 Å².